The summed E-state index contributed by atoms with van der Waals surface area (Å²) >= 11 is 0. The Morgan fingerprint density at radius 2 is 2.38 bits per heavy atom. The summed E-state index contributed by atoms with van der Waals surface area (Å²) in [7, 11) is 0. The van der Waals surface area contributed by atoms with Crippen LogP contribution in [0.1, 0.15) is 12.1 Å². The summed E-state index contributed by atoms with van der Waals surface area (Å²) in [5.41, 5.74) is 1.15. The molecule has 1 aromatic heterocycles. The van der Waals surface area contributed by atoms with E-state index >= 15 is 0 Å². The zero-order valence-electron chi connectivity index (χ0n) is 7.33. The Kier molecular flexibility index (Phi) is 1.42. The van der Waals surface area contributed by atoms with Gasteiger partial charge in [-0.05, 0) is 6.42 Å². The molecule has 4 heteroatoms. The molecule has 3 aliphatic heterocycles. The predicted molar refractivity (Wildman–Crippen MR) is 48.1 cm³/mol. The fourth-order valence-electron chi connectivity index (χ4n) is 2.31. The first-order chi connectivity index (χ1) is 6.39. The number of piperidine rings is 1. The highest BCUT2D eigenvalue weighted by atomic mass is 15.2. The minimum absolute atomic E-state index is 0.0805. The zero-order chi connectivity index (χ0) is 8.73. The van der Waals surface area contributed by atoms with Gasteiger partial charge in [0.05, 0.1) is 17.4 Å². The maximum atomic E-state index is 4.35. The third kappa shape index (κ3) is 0.990. The van der Waals surface area contributed by atoms with Gasteiger partial charge in [-0.3, -0.25) is 9.97 Å². The molecule has 0 aliphatic carbocycles. The number of rotatable bonds is 1. The van der Waals surface area contributed by atoms with E-state index in [1.807, 2.05) is 6.20 Å². The molecule has 3 saturated heterocycles. The van der Waals surface area contributed by atoms with E-state index in [9.17, 15) is 0 Å². The number of nitrogens with one attached hydrogen (secondary N) is 2. The largest absolute Gasteiger partial charge is 0.313 e. The van der Waals surface area contributed by atoms with E-state index in [1.165, 1.54) is 6.42 Å². The minimum Gasteiger partial charge on any atom is -0.313 e. The fraction of sp³-hybridized carbons (Fsp3) is 0.556. The van der Waals surface area contributed by atoms with Crippen LogP contribution in [0, 0.1) is 0 Å². The highest BCUT2D eigenvalue weighted by Crippen LogP contribution is 2.35. The van der Waals surface area contributed by atoms with Crippen LogP contribution in [0.3, 0.4) is 0 Å². The van der Waals surface area contributed by atoms with Gasteiger partial charge in [0.15, 0.2) is 0 Å². The molecule has 2 N–H and O–H groups in total. The Morgan fingerprint density at radius 3 is 3.00 bits per heavy atom. The Bertz CT molecular complexity index is 299. The first kappa shape index (κ1) is 7.41. The number of piperazine rings is 1. The summed E-state index contributed by atoms with van der Waals surface area (Å²) in [5.74, 6) is 0. The second kappa shape index (κ2) is 2.49. The molecule has 13 heavy (non-hydrogen) atoms. The van der Waals surface area contributed by atoms with Gasteiger partial charge in [0.1, 0.15) is 0 Å². The first-order valence-corrected chi connectivity index (χ1v) is 4.64. The number of hydrogen-bond acceptors (Lipinski definition) is 4. The molecule has 0 aromatic carbocycles. The lowest BCUT2D eigenvalue weighted by Crippen LogP contribution is -2.72. The highest BCUT2D eigenvalue weighted by Gasteiger charge is 2.48. The molecular formula is C9H12N4. The molecule has 0 spiro atoms. The van der Waals surface area contributed by atoms with Crippen LogP contribution in [-0.4, -0.2) is 29.1 Å². The molecule has 3 aliphatic rings. The number of hydrogen-bond donors (Lipinski definition) is 2. The van der Waals surface area contributed by atoms with Crippen molar-refractivity contribution in [3.8, 4) is 0 Å². The van der Waals surface area contributed by atoms with Crippen molar-refractivity contribution < 1.29 is 0 Å². The van der Waals surface area contributed by atoms with Crippen LogP contribution in [0.15, 0.2) is 18.6 Å². The Morgan fingerprint density at radius 1 is 1.46 bits per heavy atom. The quantitative estimate of drug-likeness (QED) is 0.613. The zero-order valence-corrected chi connectivity index (χ0v) is 7.33. The van der Waals surface area contributed by atoms with Gasteiger partial charge in [-0.2, -0.15) is 0 Å². The van der Waals surface area contributed by atoms with Crippen molar-refractivity contribution in [3.05, 3.63) is 24.3 Å². The summed E-state index contributed by atoms with van der Waals surface area (Å²) < 4.78 is 0. The fourth-order valence-corrected chi connectivity index (χ4v) is 2.31. The van der Waals surface area contributed by atoms with Crippen molar-refractivity contribution >= 4 is 0 Å². The minimum atomic E-state index is 0.0805. The smallest absolute Gasteiger partial charge is 0.0801 e. The summed E-state index contributed by atoms with van der Waals surface area (Å²) in [5, 5.41) is 6.94. The van der Waals surface area contributed by atoms with Gasteiger partial charge in [0, 0.05) is 31.5 Å². The Balaban J connectivity index is 1.93. The van der Waals surface area contributed by atoms with Crippen LogP contribution in [0.2, 0.25) is 0 Å². The maximum Gasteiger partial charge on any atom is 0.0801 e. The van der Waals surface area contributed by atoms with E-state index in [1.54, 1.807) is 12.4 Å². The molecule has 0 amide bonds. The van der Waals surface area contributed by atoms with E-state index in [-0.39, 0.29) is 5.54 Å². The van der Waals surface area contributed by atoms with Crippen LogP contribution in [-0.2, 0) is 5.54 Å². The summed E-state index contributed by atoms with van der Waals surface area (Å²) in [6.45, 7) is 2.06. The molecule has 0 radical (unpaired) electrons. The van der Waals surface area contributed by atoms with Crippen molar-refractivity contribution in [3.63, 3.8) is 0 Å². The average Bonchev–Trinajstić information content (AvgIpc) is 2.19. The van der Waals surface area contributed by atoms with Crippen LogP contribution in [0.25, 0.3) is 0 Å². The van der Waals surface area contributed by atoms with Crippen LogP contribution < -0.4 is 10.6 Å². The van der Waals surface area contributed by atoms with Gasteiger partial charge in [0.25, 0.3) is 0 Å². The third-order valence-corrected chi connectivity index (χ3v) is 2.95. The van der Waals surface area contributed by atoms with Gasteiger partial charge in [-0.1, -0.05) is 0 Å². The van der Waals surface area contributed by atoms with E-state index in [0.29, 0.717) is 6.04 Å². The summed E-state index contributed by atoms with van der Waals surface area (Å²) in [6, 6.07) is 0.635. The van der Waals surface area contributed by atoms with Crippen molar-refractivity contribution in [2.24, 2.45) is 0 Å². The van der Waals surface area contributed by atoms with Crippen LogP contribution in [0.5, 0.6) is 0 Å². The number of fused-ring (bicyclic) bond motifs is 2. The summed E-state index contributed by atoms with van der Waals surface area (Å²) in [4.78, 5) is 8.45. The van der Waals surface area contributed by atoms with Gasteiger partial charge in [0.2, 0.25) is 0 Å². The monoisotopic (exact) mass is 176 g/mol. The van der Waals surface area contributed by atoms with Gasteiger partial charge in [-0.15, -0.1) is 0 Å². The topological polar surface area (TPSA) is 49.8 Å². The maximum absolute atomic E-state index is 4.35. The second-order valence-corrected chi connectivity index (χ2v) is 3.85. The normalized spacial score (nSPS) is 36.8. The SMILES string of the molecule is c1cnc(C23CNCC(C2)N3)cn1. The molecule has 3 fully saturated rings. The molecule has 2 bridgehead atoms. The highest BCUT2D eigenvalue weighted by molar-refractivity contribution is 5.22. The van der Waals surface area contributed by atoms with Crippen molar-refractivity contribution in [2.45, 2.75) is 18.0 Å². The standard InChI is InChI=1S/C9H12N4/c1-2-12-8(5-10-1)9-3-7(13-9)4-11-6-9/h1-2,5,7,11,13H,3-4,6H2. The lowest BCUT2D eigenvalue weighted by Gasteiger charge is -2.53. The second-order valence-electron chi connectivity index (χ2n) is 3.85. The molecule has 2 atom stereocenters. The molecule has 4 rings (SSSR count). The number of nitrogens with zero attached hydrogens (tertiary/aromatic N) is 2. The molecule has 68 valence electrons. The molecule has 4 heterocycles. The number of aromatic nitrogens is 2. The molecule has 0 saturated carbocycles. The Hall–Kier alpha value is -1.00. The van der Waals surface area contributed by atoms with E-state index in [4.69, 9.17) is 0 Å². The Labute approximate surface area is 76.8 Å². The van der Waals surface area contributed by atoms with Gasteiger partial charge >= 0.3 is 0 Å². The molecule has 1 aromatic rings. The molecular weight excluding hydrogens is 164 g/mol. The van der Waals surface area contributed by atoms with Crippen LogP contribution >= 0.6 is 0 Å². The van der Waals surface area contributed by atoms with E-state index in [2.05, 4.69) is 20.6 Å². The summed E-state index contributed by atoms with van der Waals surface area (Å²) in [6.07, 6.45) is 6.52. The van der Waals surface area contributed by atoms with Crippen molar-refractivity contribution in [2.75, 3.05) is 13.1 Å². The van der Waals surface area contributed by atoms with E-state index < -0.39 is 0 Å². The van der Waals surface area contributed by atoms with Gasteiger partial charge in [-0.25, -0.2) is 0 Å². The van der Waals surface area contributed by atoms with Crippen molar-refractivity contribution in [1.82, 2.24) is 20.6 Å². The van der Waals surface area contributed by atoms with Crippen molar-refractivity contribution in [1.29, 1.82) is 0 Å². The van der Waals surface area contributed by atoms with Crippen LogP contribution in [0.4, 0.5) is 0 Å². The lowest BCUT2D eigenvalue weighted by atomic mass is 9.76. The van der Waals surface area contributed by atoms with Gasteiger partial charge < -0.3 is 10.6 Å². The third-order valence-electron chi connectivity index (χ3n) is 2.95. The molecule has 4 nitrogen and oxygen atoms in total. The molecule has 2 unspecified atom stereocenters. The van der Waals surface area contributed by atoms with E-state index in [0.717, 1.165) is 18.8 Å². The predicted octanol–water partition coefficient (Wildman–Crippen LogP) is -0.363. The average molecular weight is 176 g/mol. The first-order valence-electron chi connectivity index (χ1n) is 4.64. The lowest BCUT2D eigenvalue weighted by molar-refractivity contribution is 0.0827.